The highest BCUT2D eigenvalue weighted by Gasteiger charge is 2.34. The third-order valence-electron chi connectivity index (χ3n) is 7.36. The molecule has 4 aromatic rings. The van der Waals surface area contributed by atoms with Crippen LogP contribution in [-0.2, 0) is 24.2 Å². The molecule has 7 heteroatoms. The van der Waals surface area contributed by atoms with Crippen LogP contribution < -0.4 is 11.1 Å². The second kappa shape index (κ2) is 10.3. The van der Waals surface area contributed by atoms with Crippen molar-refractivity contribution in [2.45, 2.75) is 44.2 Å². The summed E-state index contributed by atoms with van der Waals surface area (Å²) in [7, 11) is 0. The Labute approximate surface area is 221 Å². The SMILES string of the molecule is NCc1ccc2c(c1)CCN([C@@H](Cc1ccccc1)C(=O)Nc1ccc(-c3cnc(C4CC4)o3)cc1)C2=O. The number of anilines is 1. The molecule has 0 bridgehead atoms. The van der Waals surface area contributed by atoms with Gasteiger partial charge in [0.2, 0.25) is 5.91 Å². The van der Waals surface area contributed by atoms with Crippen LogP contribution in [0.2, 0.25) is 0 Å². The molecule has 7 nitrogen and oxygen atoms in total. The zero-order valence-corrected chi connectivity index (χ0v) is 21.1. The minimum atomic E-state index is -0.651. The second-order valence-corrected chi connectivity index (χ2v) is 10.1. The number of nitrogens with zero attached hydrogens (tertiary/aromatic N) is 2. The maximum absolute atomic E-state index is 13.7. The fourth-order valence-corrected chi connectivity index (χ4v) is 5.05. The molecule has 6 rings (SSSR count). The molecule has 2 aliphatic rings. The van der Waals surface area contributed by atoms with Gasteiger partial charge in [-0.25, -0.2) is 4.98 Å². The first-order chi connectivity index (χ1) is 18.6. The van der Waals surface area contributed by atoms with E-state index in [4.69, 9.17) is 10.2 Å². The van der Waals surface area contributed by atoms with Crippen molar-refractivity contribution in [2.24, 2.45) is 5.73 Å². The van der Waals surface area contributed by atoms with E-state index < -0.39 is 6.04 Å². The van der Waals surface area contributed by atoms with E-state index in [0.717, 1.165) is 46.7 Å². The molecule has 1 fully saturated rings. The molecule has 0 radical (unpaired) electrons. The van der Waals surface area contributed by atoms with Crippen LogP contribution in [0.4, 0.5) is 5.69 Å². The normalized spacial score (nSPS) is 15.7. The van der Waals surface area contributed by atoms with Gasteiger partial charge in [-0.2, -0.15) is 0 Å². The van der Waals surface area contributed by atoms with Crippen LogP contribution in [0.25, 0.3) is 11.3 Å². The Morgan fingerprint density at radius 3 is 2.58 bits per heavy atom. The first-order valence-corrected chi connectivity index (χ1v) is 13.1. The summed E-state index contributed by atoms with van der Waals surface area (Å²) in [6.07, 6.45) is 5.13. The highest BCUT2D eigenvalue weighted by atomic mass is 16.4. The van der Waals surface area contributed by atoms with Crippen LogP contribution in [-0.4, -0.2) is 34.3 Å². The molecule has 3 N–H and O–H groups in total. The number of fused-ring (bicyclic) bond motifs is 1. The van der Waals surface area contributed by atoms with Gasteiger partial charge < -0.3 is 20.4 Å². The molecule has 1 aliphatic heterocycles. The van der Waals surface area contributed by atoms with Gasteiger partial charge in [0, 0.05) is 42.2 Å². The lowest BCUT2D eigenvalue weighted by atomic mass is 9.94. The van der Waals surface area contributed by atoms with E-state index >= 15 is 0 Å². The van der Waals surface area contributed by atoms with Crippen LogP contribution >= 0.6 is 0 Å². The van der Waals surface area contributed by atoms with Crippen molar-refractivity contribution in [1.29, 1.82) is 0 Å². The molecule has 0 spiro atoms. The number of amides is 2. The average molecular weight is 507 g/mol. The topological polar surface area (TPSA) is 101 Å². The summed E-state index contributed by atoms with van der Waals surface area (Å²) in [5.74, 6) is 1.64. The molecule has 2 heterocycles. The molecule has 0 unspecified atom stereocenters. The number of carbonyl (C=O) groups excluding carboxylic acids is 2. The Kier molecular flexibility index (Phi) is 6.52. The van der Waals surface area contributed by atoms with Gasteiger partial charge in [-0.1, -0.05) is 42.5 Å². The van der Waals surface area contributed by atoms with Gasteiger partial charge in [0.15, 0.2) is 11.7 Å². The lowest BCUT2D eigenvalue weighted by molar-refractivity contribution is -0.120. The minimum Gasteiger partial charge on any atom is -0.440 e. The number of rotatable bonds is 8. The van der Waals surface area contributed by atoms with Crippen LogP contribution in [0.15, 0.2) is 83.4 Å². The lowest BCUT2D eigenvalue weighted by Crippen LogP contribution is -2.51. The number of nitrogens with one attached hydrogen (secondary N) is 1. The van der Waals surface area contributed by atoms with E-state index in [9.17, 15) is 9.59 Å². The summed E-state index contributed by atoms with van der Waals surface area (Å²) in [5.41, 5.74) is 11.0. The molecular weight excluding hydrogens is 476 g/mol. The first kappa shape index (κ1) is 24.1. The molecule has 1 atom stereocenters. The lowest BCUT2D eigenvalue weighted by Gasteiger charge is -2.35. The maximum Gasteiger partial charge on any atom is 0.254 e. The third kappa shape index (κ3) is 4.97. The third-order valence-corrected chi connectivity index (χ3v) is 7.36. The molecule has 3 aromatic carbocycles. The van der Waals surface area contributed by atoms with Crippen LogP contribution in [0.1, 0.15) is 51.7 Å². The summed E-state index contributed by atoms with van der Waals surface area (Å²) in [6.45, 7) is 0.902. The average Bonchev–Trinajstić information content (AvgIpc) is 3.69. The molecule has 2 amide bonds. The number of aromatic nitrogens is 1. The Bertz CT molecular complexity index is 1460. The predicted molar refractivity (Wildman–Crippen MR) is 146 cm³/mol. The van der Waals surface area contributed by atoms with Crippen molar-refractivity contribution in [3.8, 4) is 11.3 Å². The quantitative estimate of drug-likeness (QED) is 0.353. The van der Waals surface area contributed by atoms with E-state index in [1.54, 1.807) is 11.1 Å². The number of carbonyl (C=O) groups is 2. The van der Waals surface area contributed by atoms with Crippen molar-refractivity contribution in [2.75, 3.05) is 11.9 Å². The molecule has 1 aliphatic carbocycles. The summed E-state index contributed by atoms with van der Waals surface area (Å²) in [4.78, 5) is 33.3. The van der Waals surface area contributed by atoms with Crippen molar-refractivity contribution < 1.29 is 14.0 Å². The number of hydrogen-bond donors (Lipinski definition) is 2. The number of nitrogens with two attached hydrogens (primary N) is 1. The van der Waals surface area contributed by atoms with Crippen molar-refractivity contribution in [3.63, 3.8) is 0 Å². The van der Waals surface area contributed by atoms with Gasteiger partial charge in [-0.05, 0) is 66.3 Å². The monoisotopic (exact) mass is 506 g/mol. The smallest absolute Gasteiger partial charge is 0.254 e. The minimum absolute atomic E-state index is 0.127. The Balaban J connectivity index is 1.22. The van der Waals surface area contributed by atoms with Crippen molar-refractivity contribution >= 4 is 17.5 Å². The van der Waals surface area contributed by atoms with Gasteiger partial charge in [0.25, 0.3) is 5.91 Å². The molecule has 192 valence electrons. The standard InChI is InChI=1S/C31H30N4O3/c32-18-21-6-13-26-24(16-21)14-15-35(31(26)37)27(17-20-4-2-1-3-5-20)29(36)34-25-11-9-22(10-12-25)28-19-33-30(38-28)23-7-8-23/h1-6,9-13,16,19,23,27H,7-8,14-15,17-18,32H2,(H,34,36)/t27-/m0/s1. The first-order valence-electron chi connectivity index (χ1n) is 13.1. The van der Waals surface area contributed by atoms with Gasteiger partial charge in [0.1, 0.15) is 6.04 Å². The second-order valence-electron chi connectivity index (χ2n) is 10.1. The Hall–Kier alpha value is -4.23. The zero-order valence-electron chi connectivity index (χ0n) is 21.1. The molecule has 1 saturated carbocycles. The van der Waals surface area contributed by atoms with E-state index in [-0.39, 0.29) is 11.8 Å². The van der Waals surface area contributed by atoms with Gasteiger partial charge in [0.05, 0.1) is 6.20 Å². The van der Waals surface area contributed by atoms with E-state index in [2.05, 4.69) is 10.3 Å². The number of oxazole rings is 1. The van der Waals surface area contributed by atoms with Gasteiger partial charge >= 0.3 is 0 Å². The number of benzene rings is 3. The fraction of sp³-hybridized carbons (Fsp3) is 0.258. The van der Waals surface area contributed by atoms with E-state index in [1.807, 2.05) is 72.8 Å². The fourth-order valence-electron chi connectivity index (χ4n) is 5.05. The predicted octanol–water partition coefficient (Wildman–Crippen LogP) is 4.93. The summed E-state index contributed by atoms with van der Waals surface area (Å²) >= 11 is 0. The Morgan fingerprint density at radius 2 is 1.84 bits per heavy atom. The van der Waals surface area contributed by atoms with Gasteiger partial charge in [-0.3, -0.25) is 9.59 Å². The van der Waals surface area contributed by atoms with Crippen LogP contribution in [0.5, 0.6) is 0 Å². The van der Waals surface area contributed by atoms with E-state index in [1.165, 1.54) is 0 Å². The Morgan fingerprint density at radius 1 is 1.05 bits per heavy atom. The molecular formula is C31H30N4O3. The largest absolute Gasteiger partial charge is 0.440 e. The summed E-state index contributed by atoms with van der Waals surface area (Å²) in [6, 6.07) is 22.4. The van der Waals surface area contributed by atoms with Crippen LogP contribution in [0, 0.1) is 0 Å². The maximum atomic E-state index is 13.7. The number of hydrogen-bond acceptors (Lipinski definition) is 5. The van der Waals surface area contributed by atoms with Crippen LogP contribution in [0.3, 0.4) is 0 Å². The summed E-state index contributed by atoms with van der Waals surface area (Å²) < 4.78 is 5.90. The van der Waals surface area contributed by atoms with Crippen molar-refractivity contribution in [1.82, 2.24) is 9.88 Å². The molecule has 38 heavy (non-hydrogen) atoms. The zero-order chi connectivity index (χ0) is 26.1. The molecule has 1 aromatic heterocycles. The highest BCUT2D eigenvalue weighted by Crippen LogP contribution is 2.40. The molecule has 0 saturated heterocycles. The highest BCUT2D eigenvalue weighted by molar-refractivity contribution is 6.02. The van der Waals surface area contributed by atoms with Gasteiger partial charge in [-0.15, -0.1) is 0 Å². The summed E-state index contributed by atoms with van der Waals surface area (Å²) in [5, 5.41) is 3.04. The van der Waals surface area contributed by atoms with Crippen molar-refractivity contribution in [3.05, 3.63) is 107 Å². The van der Waals surface area contributed by atoms with E-state index in [0.29, 0.717) is 43.1 Å².